The SMILES string of the molecule is CC1CCCC(CN(C)C)C1(O)CCCc1ccccc1. The lowest BCUT2D eigenvalue weighted by Gasteiger charge is -2.46. The average molecular weight is 289 g/mol. The zero-order chi connectivity index (χ0) is 15.3. The highest BCUT2D eigenvalue weighted by Crippen LogP contribution is 2.41. The van der Waals surface area contributed by atoms with E-state index >= 15 is 0 Å². The second-order valence-corrected chi connectivity index (χ2v) is 7.12. The van der Waals surface area contributed by atoms with Crippen LogP contribution in [0.1, 0.15) is 44.6 Å². The van der Waals surface area contributed by atoms with Gasteiger partial charge in [0.1, 0.15) is 0 Å². The Morgan fingerprint density at radius 1 is 1.19 bits per heavy atom. The first kappa shape index (κ1) is 16.5. The van der Waals surface area contributed by atoms with E-state index in [0.29, 0.717) is 11.8 Å². The Morgan fingerprint density at radius 2 is 1.90 bits per heavy atom. The number of hydrogen-bond acceptors (Lipinski definition) is 2. The molecule has 1 aliphatic carbocycles. The third kappa shape index (κ3) is 4.31. The van der Waals surface area contributed by atoms with Gasteiger partial charge in [0.2, 0.25) is 0 Å². The Kier molecular flexibility index (Phi) is 5.83. The maximum atomic E-state index is 11.3. The molecule has 3 unspecified atom stereocenters. The van der Waals surface area contributed by atoms with Crippen LogP contribution >= 0.6 is 0 Å². The molecule has 0 aliphatic heterocycles. The minimum atomic E-state index is -0.475. The molecule has 2 nitrogen and oxygen atoms in total. The van der Waals surface area contributed by atoms with Gasteiger partial charge in [-0.15, -0.1) is 0 Å². The predicted molar refractivity (Wildman–Crippen MR) is 89.4 cm³/mol. The molecule has 0 bridgehead atoms. The highest BCUT2D eigenvalue weighted by molar-refractivity contribution is 5.14. The number of aliphatic hydroxyl groups is 1. The van der Waals surface area contributed by atoms with Gasteiger partial charge >= 0.3 is 0 Å². The van der Waals surface area contributed by atoms with Crippen molar-refractivity contribution in [2.24, 2.45) is 11.8 Å². The largest absolute Gasteiger partial charge is 0.389 e. The molecule has 3 atom stereocenters. The minimum Gasteiger partial charge on any atom is -0.389 e. The number of hydrogen-bond donors (Lipinski definition) is 1. The molecule has 21 heavy (non-hydrogen) atoms. The number of benzene rings is 1. The van der Waals surface area contributed by atoms with E-state index in [2.05, 4.69) is 56.3 Å². The molecule has 0 spiro atoms. The van der Waals surface area contributed by atoms with Crippen LogP contribution in [0.15, 0.2) is 30.3 Å². The fourth-order valence-corrected chi connectivity index (χ4v) is 3.93. The summed E-state index contributed by atoms with van der Waals surface area (Å²) < 4.78 is 0. The smallest absolute Gasteiger partial charge is 0.0713 e. The molecular formula is C19H31NO. The predicted octanol–water partition coefficient (Wildman–Crippen LogP) is 3.74. The van der Waals surface area contributed by atoms with Gasteiger partial charge in [0.25, 0.3) is 0 Å². The van der Waals surface area contributed by atoms with Gasteiger partial charge in [0, 0.05) is 12.5 Å². The van der Waals surface area contributed by atoms with Crippen LogP contribution in [0.2, 0.25) is 0 Å². The second kappa shape index (κ2) is 7.42. The lowest BCUT2D eigenvalue weighted by Crippen LogP contribution is -2.50. The molecule has 0 radical (unpaired) electrons. The Bertz CT molecular complexity index is 417. The van der Waals surface area contributed by atoms with Gasteiger partial charge in [-0.05, 0) is 57.7 Å². The molecule has 0 aromatic heterocycles. The van der Waals surface area contributed by atoms with Crippen LogP contribution in [-0.2, 0) is 6.42 Å². The van der Waals surface area contributed by atoms with Crippen LogP contribution in [0.3, 0.4) is 0 Å². The van der Waals surface area contributed by atoms with Crippen molar-refractivity contribution in [1.82, 2.24) is 4.90 Å². The van der Waals surface area contributed by atoms with Crippen LogP contribution in [0.4, 0.5) is 0 Å². The van der Waals surface area contributed by atoms with E-state index in [9.17, 15) is 5.11 Å². The van der Waals surface area contributed by atoms with E-state index in [1.807, 2.05) is 0 Å². The summed E-state index contributed by atoms with van der Waals surface area (Å²) in [6.07, 6.45) is 6.69. The highest BCUT2D eigenvalue weighted by Gasteiger charge is 2.43. The normalized spacial score (nSPS) is 29.8. The zero-order valence-corrected chi connectivity index (χ0v) is 13.9. The summed E-state index contributed by atoms with van der Waals surface area (Å²) in [7, 11) is 4.23. The molecule has 1 saturated carbocycles. The monoisotopic (exact) mass is 289 g/mol. The lowest BCUT2D eigenvalue weighted by atomic mass is 9.66. The van der Waals surface area contributed by atoms with Gasteiger partial charge < -0.3 is 10.0 Å². The van der Waals surface area contributed by atoms with Gasteiger partial charge in [0.15, 0.2) is 0 Å². The van der Waals surface area contributed by atoms with Crippen molar-refractivity contribution in [3.63, 3.8) is 0 Å². The first-order chi connectivity index (χ1) is 10.0. The summed E-state index contributed by atoms with van der Waals surface area (Å²) in [6.45, 7) is 3.25. The van der Waals surface area contributed by atoms with Crippen molar-refractivity contribution in [3.8, 4) is 0 Å². The molecule has 1 fully saturated rings. The zero-order valence-electron chi connectivity index (χ0n) is 13.9. The summed E-state index contributed by atoms with van der Waals surface area (Å²) in [6, 6.07) is 10.6. The maximum Gasteiger partial charge on any atom is 0.0713 e. The molecular weight excluding hydrogens is 258 g/mol. The summed E-state index contributed by atoms with van der Waals surface area (Å²) in [4.78, 5) is 2.23. The highest BCUT2D eigenvalue weighted by atomic mass is 16.3. The van der Waals surface area contributed by atoms with Crippen LogP contribution in [0.25, 0.3) is 0 Å². The molecule has 2 heteroatoms. The van der Waals surface area contributed by atoms with Crippen molar-refractivity contribution in [3.05, 3.63) is 35.9 Å². The molecule has 2 rings (SSSR count). The Hall–Kier alpha value is -0.860. The van der Waals surface area contributed by atoms with Crippen molar-refractivity contribution in [2.75, 3.05) is 20.6 Å². The van der Waals surface area contributed by atoms with E-state index in [4.69, 9.17) is 0 Å². The van der Waals surface area contributed by atoms with Gasteiger partial charge in [-0.25, -0.2) is 0 Å². The molecule has 1 N–H and O–H groups in total. The molecule has 118 valence electrons. The summed E-state index contributed by atoms with van der Waals surface area (Å²) in [5.74, 6) is 0.846. The Balaban J connectivity index is 1.95. The topological polar surface area (TPSA) is 23.5 Å². The third-order valence-corrected chi connectivity index (χ3v) is 5.22. The van der Waals surface area contributed by atoms with Crippen molar-refractivity contribution >= 4 is 0 Å². The lowest BCUT2D eigenvalue weighted by molar-refractivity contribution is -0.101. The van der Waals surface area contributed by atoms with Crippen molar-refractivity contribution in [2.45, 2.75) is 51.0 Å². The molecule has 0 amide bonds. The van der Waals surface area contributed by atoms with E-state index in [-0.39, 0.29) is 0 Å². The molecule has 0 saturated heterocycles. The van der Waals surface area contributed by atoms with Crippen LogP contribution in [0.5, 0.6) is 0 Å². The van der Waals surface area contributed by atoms with Gasteiger partial charge in [-0.3, -0.25) is 0 Å². The molecule has 0 heterocycles. The summed E-state index contributed by atoms with van der Waals surface area (Å²) in [5.41, 5.74) is 0.908. The minimum absolute atomic E-state index is 0.423. The standard InChI is InChI=1S/C19H31NO/c1-16-9-7-13-18(15-20(2)3)19(16,21)14-8-12-17-10-5-4-6-11-17/h4-6,10-11,16,18,21H,7-9,12-15H2,1-3H3. The first-order valence-corrected chi connectivity index (χ1v) is 8.43. The quantitative estimate of drug-likeness (QED) is 0.862. The molecule has 1 aliphatic rings. The van der Waals surface area contributed by atoms with E-state index in [0.717, 1.165) is 25.8 Å². The van der Waals surface area contributed by atoms with E-state index in [1.54, 1.807) is 0 Å². The van der Waals surface area contributed by atoms with Crippen LogP contribution in [0, 0.1) is 11.8 Å². The van der Waals surface area contributed by atoms with Crippen LogP contribution in [-0.4, -0.2) is 36.2 Å². The van der Waals surface area contributed by atoms with Gasteiger partial charge in [0.05, 0.1) is 5.60 Å². The molecule has 1 aromatic carbocycles. The van der Waals surface area contributed by atoms with Gasteiger partial charge in [-0.2, -0.15) is 0 Å². The fraction of sp³-hybridized carbons (Fsp3) is 0.684. The number of aryl methyl sites for hydroxylation is 1. The third-order valence-electron chi connectivity index (χ3n) is 5.22. The first-order valence-electron chi connectivity index (χ1n) is 8.43. The number of nitrogens with zero attached hydrogens (tertiary/aromatic N) is 1. The summed E-state index contributed by atoms with van der Waals surface area (Å²) in [5, 5.41) is 11.3. The fourth-order valence-electron chi connectivity index (χ4n) is 3.93. The second-order valence-electron chi connectivity index (χ2n) is 7.12. The maximum absolute atomic E-state index is 11.3. The van der Waals surface area contributed by atoms with Gasteiger partial charge in [-0.1, -0.05) is 43.7 Å². The van der Waals surface area contributed by atoms with Crippen molar-refractivity contribution in [1.29, 1.82) is 0 Å². The average Bonchev–Trinajstić information content (AvgIpc) is 2.45. The van der Waals surface area contributed by atoms with E-state index in [1.165, 1.54) is 24.8 Å². The Morgan fingerprint density at radius 3 is 2.57 bits per heavy atom. The number of rotatable bonds is 6. The Labute approximate surface area is 130 Å². The molecule has 1 aromatic rings. The van der Waals surface area contributed by atoms with Crippen molar-refractivity contribution < 1.29 is 5.11 Å². The van der Waals surface area contributed by atoms with E-state index < -0.39 is 5.60 Å². The summed E-state index contributed by atoms with van der Waals surface area (Å²) >= 11 is 0. The van der Waals surface area contributed by atoms with Crippen LogP contribution < -0.4 is 0 Å².